The second-order valence-corrected chi connectivity index (χ2v) is 8.60. The molecule has 2 amide bonds. The van der Waals surface area contributed by atoms with Crippen molar-refractivity contribution in [2.45, 2.75) is 52.7 Å². The number of ether oxygens (including phenoxy) is 2. The number of nitrogen functional groups attached to an aromatic ring is 1. The lowest BCUT2D eigenvalue weighted by molar-refractivity contribution is 0.0427. The molecule has 1 heterocycles. The molecule has 1 aromatic heterocycles. The molecule has 29 heavy (non-hydrogen) atoms. The van der Waals surface area contributed by atoms with Gasteiger partial charge in [-0.15, -0.1) is 4.90 Å². The fourth-order valence-corrected chi connectivity index (χ4v) is 2.45. The number of aromatic nitrogens is 2. The highest BCUT2D eigenvalue weighted by Crippen LogP contribution is 2.30. The Hall–Kier alpha value is -3.01. The van der Waals surface area contributed by atoms with E-state index >= 15 is 0 Å². The van der Waals surface area contributed by atoms with Crippen molar-refractivity contribution in [3.63, 3.8) is 0 Å². The first-order valence-electron chi connectivity index (χ1n) is 8.57. The molecule has 1 aromatic carbocycles. The van der Waals surface area contributed by atoms with Crippen molar-refractivity contribution >= 4 is 52.5 Å². The third-order valence-corrected chi connectivity index (χ3v) is 3.63. The molecule has 10 nitrogen and oxygen atoms in total. The highest BCUT2D eigenvalue weighted by atomic mass is 35.5. The molecule has 0 fully saturated rings. The maximum Gasteiger partial charge on any atom is 0.427 e. The van der Waals surface area contributed by atoms with Crippen LogP contribution in [0.15, 0.2) is 12.1 Å². The van der Waals surface area contributed by atoms with Gasteiger partial charge in [0.1, 0.15) is 11.2 Å². The standard InChI is InChI=1S/C18H23ClN4O6/c1-17(2,3)28-15(26)23(16(27)29-18(4,5)6)13-21-11-7-9(19)10(20)8-12(11)22(13)14(24)25/h7-8H,20H2,1-6H3,(H,24,25). The number of imidazole rings is 1. The van der Waals surface area contributed by atoms with Gasteiger partial charge in [0, 0.05) is 0 Å². The van der Waals surface area contributed by atoms with E-state index < -0.39 is 35.4 Å². The molecule has 0 aliphatic heterocycles. The molecular weight excluding hydrogens is 404 g/mol. The lowest BCUT2D eigenvalue weighted by atomic mass is 10.2. The molecule has 2 rings (SSSR count). The lowest BCUT2D eigenvalue weighted by Gasteiger charge is -2.27. The predicted octanol–water partition coefficient (Wildman–Crippen LogP) is 4.47. The molecule has 11 heteroatoms. The molecule has 0 radical (unpaired) electrons. The molecule has 0 aliphatic rings. The lowest BCUT2D eigenvalue weighted by Crippen LogP contribution is -2.45. The predicted molar refractivity (Wildman–Crippen MR) is 108 cm³/mol. The molecule has 0 bridgehead atoms. The van der Waals surface area contributed by atoms with Gasteiger partial charge >= 0.3 is 18.3 Å². The number of nitrogens with two attached hydrogens (primary N) is 1. The normalized spacial score (nSPS) is 12.0. The van der Waals surface area contributed by atoms with E-state index in [1.807, 2.05) is 0 Å². The number of anilines is 2. The maximum atomic E-state index is 12.8. The summed E-state index contributed by atoms with van der Waals surface area (Å²) in [5.74, 6) is -0.530. The van der Waals surface area contributed by atoms with Crippen LogP contribution in [0.25, 0.3) is 11.0 Å². The van der Waals surface area contributed by atoms with Gasteiger partial charge in [0.05, 0.1) is 21.7 Å². The highest BCUT2D eigenvalue weighted by Gasteiger charge is 2.37. The number of carbonyl (C=O) groups excluding carboxylic acids is 2. The maximum absolute atomic E-state index is 12.8. The van der Waals surface area contributed by atoms with Crippen LogP contribution in [-0.2, 0) is 9.47 Å². The Morgan fingerprint density at radius 2 is 1.55 bits per heavy atom. The number of halogens is 1. The number of fused-ring (bicyclic) bond motifs is 1. The van der Waals surface area contributed by atoms with Crippen molar-refractivity contribution in [1.82, 2.24) is 9.55 Å². The number of imide groups is 1. The monoisotopic (exact) mass is 426 g/mol. The first kappa shape index (κ1) is 22.3. The van der Waals surface area contributed by atoms with Gasteiger partial charge in [-0.25, -0.2) is 23.9 Å². The number of hydrogen-bond acceptors (Lipinski definition) is 7. The molecule has 2 aromatic rings. The number of nitrogens with zero attached hydrogens (tertiary/aromatic N) is 3. The van der Waals surface area contributed by atoms with Crippen LogP contribution in [0.5, 0.6) is 0 Å². The van der Waals surface area contributed by atoms with Crippen molar-refractivity contribution < 1.29 is 29.0 Å². The number of hydrogen-bond donors (Lipinski definition) is 2. The van der Waals surface area contributed by atoms with E-state index in [4.69, 9.17) is 26.8 Å². The van der Waals surface area contributed by atoms with Gasteiger partial charge in [-0.05, 0) is 53.7 Å². The van der Waals surface area contributed by atoms with Crippen LogP contribution in [0.1, 0.15) is 41.5 Å². The summed E-state index contributed by atoms with van der Waals surface area (Å²) in [6.45, 7) is 9.58. The van der Waals surface area contributed by atoms with Gasteiger partial charge in [-0.3, -0.25) is 0 Å². The van der Waals surface area contributed by atoms with Crippen LogP contribution in [0.3, 0.4) is 0 Å². The van der Waals surface area contributed by atoms with E-state index in [9.17, 15) is 19.5 Å². The topological polar surface area (TPSA) is 137 Å². The Balaban J connectivity index is 2.73. The second kappa shape index (κ2) is 7.43. The summed E-state index contributed by atoms with van der Waals surface area (Å²) in [7, 11) is 0. The molecular formula is C18H23ClN4O6. The summed E-state index contributed by atoms with van der Waals surface area (Å²) in [6, 6.07) is 2.61. The van der Waals surface area contributed by atoms with Crippen LogP contribution in [0.2, 0.25) is 5.02 Å². The van der Waals surface area contributed by atoms with Crippen molar-refractivity contribution in [2.24, 2.45) is 0 Å². The van der Waals surface area contributed by atoms with E-state index in [-0.39, 0.29) is 21.7 Å². The van der Waals surface area contributed by atoms with Crippen molar-refractivity contribution in [2.75, 3.05) is 10.6 Å². The van der Waals surface area contributed by atoms with E-state index in [1.54, 1.807) is 41.5 Å². The summed E-state index contributed by atoms with van der Waals surface area (Å²) in [5.41, 5.74) is 4.08. The minimum absolute atomic E-state index is 0.0338. The molecule has 0 saturated heterocycles. The zero-order valence-electron chi connectivity index (χ0n) is 16.9. The van der Waals surface area contributed by atoms with Gasteiger partial charge < -0.3 is 20.3 Å². The van der Waals surface area contributed by atoms with E-state index in [0.717, 1.165) is 0 Å². The molecule has 0 atom stereocenters. The molecule has 158 valence electrons. The van der Waals surface area contributed by atoms with E-state index in [2.05, 4.69) is 4.98 Å². The van der Waals surface area contributed by atoms with Gasteiger partial charge in [0.2, 0.25) is 5.95 Å². The summed E-state index contributed by atoms with van der Waals surface area (Å²) in [5, 5.41) is 9.85. The third-order valence-electron chi connectivity index (χ3n) is 3.30. The number of carboxylic acid groups (broad SMARTS) is 1. The summed E-state index contributed by atoms with van der Waals surface area (Å²) < 4.78 is 11.1. The van der Waals surface area contributed by atoms with Crippen LogP contribution in [0.4, 0.5) is 26.0 Å². The molecule has 0 spiro atoms. The van der Waals surface area contributed by atoms with Crippen molar-refractivity contribution in [3.05, 3.63) is 17.2 Å². The van der Waals surface area contributed by atoms with Crippen LogP contribution in [-0.4, -0.2) is 44.1 Å². The fraction of sp³-hybridized carbons (Fsp3) is 0.444. The minimum Gasteiger partial charge on any atom is -0.464 e. The fourth-order valence-electron chi connectivity index (χ4n) is 2.29. The van der Waals surface area contributed by atoms with E-state index in [0.29, 0.717) is 9.47 Å². The van der Waals surface area contributed by atoms with Gasteiger partial charge in [-0.2, -0.15) is 0 Å². The number of benzene rings is 1. The SMILES string of the molecule is CC(C)(C)OC(=O)N(C(=O)OC(C)(C)C)c1nc2cc(Cl)c(N)cc2n1C(=O)O. The summed E-state index contributed by atoms with van der Waals surface area (Å²) in [4.78, 5) is 42.0. The van der Waals surface area contributed by atoms with Gasteiger partial charge in [0.15, 0.2) is 0 Å². The largest absolute Gasteiger partial charge is 0.464 e. The Bertz CT molecular complexity index is 959. The summed E-state index contributed by atoms with van der Waals surface area (Å²) in [6.07, 6.45) is -3.80. The van der Waals surface area contributed by atoms with Crippen molar-refractivity contribution in [3.8, 4) is 0 Å². The molecule has 0 unspecified atom stereocenters. The Morgan fingerprint density at radius 3 is 1.97 bits per heavy atom. The minimum atomic E-state index is -1.50. The average molecular weight is 427 g/mol. The number of amides is 2. The van der Waals surface area contributed by atoms with Crippen LogP contribution < -0.4 is 10.6 Å². The Morgan fingerprint density at radius 1 is 1.07 bits per heavy atom. The number of carbonyl (C=O) groups is 3. The van der Waals surface area contributed by atoms with Crippen molar-refractivity contribution in [1.29, 1.82) is 0 Å². The smallest absolute Gasteiger partial charge is 0.427 e. The van der Waals surface area contributed by atoms with Crippen LogP contribution in [0, 0.1) is 0 Å². The third kappa shape index (κ3) is 5.08. The first-order chi connectivity index (χ1) is 13.1. The van der Waals surface area contributed by atoms with Crippen LogP contribution >= 0.6 is 11.6 Å². The molecule has 0 saturated carbocycles. The summed E-state index contributed by atoms with van der Waals surface area (Å²) >= 11 is 5.99. The number of rotatable bonds is 1. The van der Waals surface area contributed by atoms with Gasteiger partial charge in [0.25, 0.3) is 0 Å². The first-order valence-corrected chi connectivity index (χ1v) is 8.95. The zero-order valence-corrected chi connectivity index (χ0v) is 17.7. The Labute approximate surface area is 172 Å². The average Bonchev–Trinajstić information content (AvgIpc) is 2.81. The molecule has 0 aliphatic carbocycles. The Kier molecular flexibility index (Phi) is 5.71. The van der Waals surface area contributed by atoms with Gasteiger partial charge in [-0.1, -0.05) is 11.6 Å². The second-order valence-electron chi connectivity index (χ2n) is 8.19. The quantitative estimate of drug-likeness (QED) is 0.637. The highest BCUT2D eigenvalue weighted by molar-refractivity contribution is 6.34. The van der Waals surface area contributed by atoms with E-state index in [1.165, 1.54) is 12.1 Å². The zero-order chi connectivity index (χ0) is 22.3. The molecule has 3 N–H and O–H groups in total.